The van der Waals surface area contributed by atoms with Crippen molar-refractivity contribution >= 4 is 22.6 Å². The van der Waals surface area contributed by atoms with Crippen molar-refractivity contribution in [3.63, 3.8) is 0 Å². The van der Waals surface area contributed by atoms with Gasteiger partial charge in [0.25, 0.3) is 5.91 Å². The van der Waals surface area contributed by atoms with Crippen LogP contribution < -0.4 is 10.1 Å². The van der Waals surface area contributed by atoms with Gasteiger partial charge in [-0.1, -0.05) is 12.1 Å². The van der Waals surface area contributed by atoms with E-state index in [1.165, 1.54) is 6.07 Å². The number of aryl methyl sites for hydroxylation is 2. The van der Waals surface area contributed by atoms with Crippen molar-refractivity contribution in [2.75, 3.05) is 12.4 Å². The fourth-order valence-corrected chi connectivity index (χ4v) is 3.33. The highest BCUT2D eigenvalue weighted by Gasteiger charge is 2.20. The van der Waals surface area contributed by atoms with E-state index in [1.807, 2.05) is 12.1 Å². The number of aromatic nitrogens is 3. The van der Waals surface area contributed by atoms with Gasteiger partial charge in [-0.15, -0.1) is 0 Å². The van der Waals surface area contributed by atoms with Crippen LogP contribution in [0.15, 0.2) is 48.5 Å². The molecule has 4 aromatic rings. The summed E-state index contributed by atoms with van der Waals surface area (Å²) >= 11 is 0. The summed E-state index contributed by atoms with van der Waals surface area (Å²) in [5, 5.41) is 7.44. The molecule has 2 heterocycles. The van der Waals surface area contributed by atoms with Crippen LogP contribution in [0.25, 0.3) is 22.3 Å². The fourth-order valence-electron chi connectivity index (χ4n) is 3.33. The summed E-state index contributed by atoms with van der Waals surface area (Å²) in [7, 11) is 3.30. The highest BCUT2D eigenvalue weighted by molar-refractivity contribution is 6.13. The Balaban J connectivity index is 1.86. The molecule has 0 aliphatic carbocycles. The van der Waals surface area contributed by atoms with Gasteiger partial charge in [-0.05, 0) is 37.3 Å². The van der Waals surface area contributed by atoms with E-state index in [0.717, 1.165) is 17.7 Å². The summed E-state index contributed by atoms with van der Waals surface area (Å²) in [5.41, 5.74) is 2.58. The molecule has 0 fully saturated rings. The highest BCUT2D eigenvalue weighted by atomic mass is 19.1. The van der Waals surface area contributed by atoms with Crippen LogP contribution in [0.1, 0.15) is 16.1 Å². The molecule has 0 bridgehead atoms. The number of hydrogen-bond acceptors (Lipinski definition) is 4. The van der Waals surface area contributed by atoms with Gasteiger partial charge < -0.3 is 10.1 Å². The van der Waals surface area contributed by atoms with Crippen molar-refractivity contribution in [1.82, 2.24) is 14.8 Å². The van der Waals surface area contributed by atoms with E-state index in [1.54, 1.807) is 44.0 Å². The minimum absolute atomic E-state index is 0.115. The van der Waals surface area contributed by atoms with Crippen LogP contribution in [-0.2, 0) is 7.05 Å². The number of halogens is 2. The number of fused-ring (bicyclic) bond motifs is 1. The van der Waals surface area contributed by atoms with Crippen molar-refractivity contribution in [3.8, 4) is 17.0 Å². The molecule has 0 spiro atoms. The number of nitrogens with zero attached hydrogens (tertiary/aromatic N) is 3. The van der Waals surface area contributed by atoms with Crippen molar-refractivity contribution in [3.05, 3.63) is 71.4 Å². The Morgan fingerprint density at radius 1 is 1.13 bits per heavy atom. The highest BCUT2D eigenvalue weighted by Crippen LogP contribution is 2.29. The summed E-state index contributed by atoms with van der Waals surface area (Å²) in [5.74, 6) is -1.48. The van der Waals surface area contributed by atoms with Gasteiger partial charge in [0.2, 0.25) is 0 Å². The third-order valence-corrected chi connectivity index (χ3v) is 4.76. The van der Waals surface area contributed by atoms with Gasteiger partial charge in [0.15, 0.2) is 5.65 Å². The molecule has 8 heteroatoms. The molecule has 4 rings (SSSR count). The molecule has 0 saturated carbocycles. The van der Waals surface area contributed by atoms with Gasteiger partial charge in [-0.3, -0.25) is 9.48 Å². The van der Waals surface area contributed by atoms with Gasteiger partial charge in [-0.25, -0.2) is 13.8 Å². The first-order valence-corrected chi connectivity index (χ1v) is 9.12. The molecule has 0 aliphatic rings. The average molecular weight is 408 g/mol. The molecule has 152 valence electrons. The largest absolute Gasteiger partial charge is 0.497 e. The van der Waals surface area contributed by atoms with Crippen LogP contribution in [0.2, 0.25) is 0 Å². The molecule has 6 nitrogen and oxygen atoms in total. The molecule has 0 aliphatic heterocycles. The first kappa shape index (κ1) is 19.5. The number of nitrogens with one attached hydrogen (secondary N) is 1. The van der Waals surface area contributed by atoms with E-state index in [4.69, 9.17) is 4.74 Å². The monoisotopic (exact) mass is 408 g/mol. The lowest BCUT2D eigenvalue weighted by Gasteiger charge is -2.11. The maximum atomic E-state index is 14.1. The number of carbonyl (C=O) groups excluding carboxylic acids is 1. The van der Waals surface area contributed by atoms with E-state index in [0.29, 0.717) is 28.2 Å². The number of hydrogen-bond donors (Lipinski definition) is 1. The first-order chi connectivity index (χ1) is 14.4. The Labute approximate surface area is 171 Å². The van der Waals surface area contributed by atoms with Crippen molar-refractivity contribution in [1.29, 1.82) is 0 Å². The fraction of sp³-hybridized carbons (Fsp3) is 0.136. The van der Waals surface area contributed by atoms with Gasteiger partial charge in [0.05, 0.1) is 35.1 Å². The van der Waals surface area contributed by atoms with Crippen LogP contribution in [-0.4, -0.2) is 27.8 Å². The maximum absolute atomic E-state index is 14.1. The number of methoxy groups -OCH3 is 1. The molecule has 0 radical (unpaired) electrons. The van der Waals surface area contributed by atoms with Crippen LogP contribution in [0.5, 0.6) is 5.75 Å². The van der Waals surface area contributed by atoms with Crippen LogP contribution in [0.4, 0.5) is 14.5 Å². The smallest absolute Gasteiger partial charge is 0.256 e. The quantitative estimate of drug-likeness (QED) is 0.541. The second-order valence-electron chi connectivity index (χ2n) is 6.77. The summed E-state index contributed by atoms with van der Waals surface area (Å²) in [6.07, 6.45) is 0. The van der Waals surface area contributed by atoms with Crippen molar-refractivity contribution in [2.45, 2.75) is 6.92 Å². The Bertz CT molecular complexity index is 1280. The first-order valence-electron chi connectivity index (χ1n) is 9.12. The number of amides is 1. The molecule has 1 amide bonds. The zero-order valence-electron chi connectivity index (χ0n) is 16.5. The average Bonchev–Trinajstić information content (AvgIpc) is 3.03. The molecule has 0 atom stereocenters. The maximum Gasteiger partial charge on any atom is 0.256 e. The standard InChI is InChI=1S/C22H18F2N4O2/c1-12-20-16(22(29)26-18-8-7-14(23)10-17(18)24)11-19(25-21(20)28(2)27-12)13-5-4-6-15(9-13)30-3/h4-11H,1-3H3,(H,26,29). The van der Waals surface area contributed by atoms with Gasteiger partial charge in [0, 0.05) is 18.7 Å². The topological polar surface area (TPSA) is 69.0 Å². The summed E-state index contributed by atoms with van der Waals surface area (Å²) < 4.78 is 34.1. The lowest BCUT2D eigenvalue weighted by Crippen LogP contribution is -2.14. The van der Waals surface area contributed by atoms with Crippen LogP contribution in [0, 0.1) is 18.6 Å². The molecule has 0 saturated heterocycles. The number of carbonyl (C=O) groups is 1. The van der Waals surface area contributed by atoms with Crippen molar-refractivity contribution in [2.24, 2.45) is 7.05 Å². The van der Waals surface area contributed by atoms with Crippen LogP contribution >= 0.6 is 0 Å². The van der Waals surface area contributed by atoms with Crippen molar-refractivity contribution < 1.29 is 18.3 Å². The second-order valence-corrected chi connectivity index (χ2v) is 6.77. The summed E-state index contributed by atoms with van der Waals surface area (Å²) in [6, 6.07) is 11.9. The minimum Gasteiger partial charge on any atom is -0.497 e. The molecular formula is C22H18F2N4O2. The Morgan fingerprint density at radius 2 is 1.93 bits per heavy atom. The number of rotatable bonds is 4. The zero-order valence-corrected chi connectivity index (χ0v) is 16.5. The molecule has 30 heavy (non-hydrogen) atoms. The van der Waals surface area contributed by atoms with E-state index >= 15 is 0 Å². The summed E-state index contributed by atoms with van der Waals surface area (Å²) in [6.45, 7) is 1.77. The molecule has 2 aromatic carbocycles. The predicted octanol–water partition coefficient (Wildman–Crippen LogP) is 4.48. The normalized spacial score (nSPS) is 11.0. The SMILES string of the molecule is COc1cccc(-c2cc(C(=O)Nc3ccc(F)cc3F)c3c(C)nn(C)c3n2)c1. The molecule has 1 N–H and O–H groups in total. The lowest BCUT2D eigenvalue weighted by molar-refractivity contribution is 0.102. The Kier molecular flexibility index (Phi) is 4.91. The van der Waals surface area contributed by atoms with Gasteiger partial charge >= 0.3 is 0 Å². The third-order valence-electron chi connectivity index (χ3n) is 4.76. The van der Waals surface area contributed by atoms with E-state index in [2.05, 4.69) is 15.4 Å². The minimum atomic E-state index is -0.857. The second kappa shape index (κ2) is 7.55. The van der Waals surface area contributed by atoms with E-state index in [-0.39, 0.29) is 11.3 Å². The Hall–Kier alpha value is -3.81. The lowest BCUT2D eigenvalue weighted by atomic mass is 10.0. The Morgan fingerprint density at radius 3 is 2.67 bits per heavy atom. The number of pyridine rings is 1. The van der Waals surface area contributed by atoms with Gasteiger partial charge in [-0.2, -0.15) is 5.10 Å². The number of anilines is 1. The molecule has 0 unspecified atom stereocenters. The predicted molar refractivity (Wildman–Crippen MR) is 110 cm³/mol. The number of benzene rings is 2. The zero-order chi connectivity index (χ0) is 21.4. The van der Waals surface area contributed by atoms with E-state index < -0.39 is 17.5 Å². The third kappa shape index (κ3) is 3.47. The van der Waals surface area contributed by atoms with E-state index in [9.17, 15) is 13.6 Å². The molecular weight excluding hydrogens is 390 g/mol. The molecule has 2 aromatic heterocycles. The van der Waals surface area contributed by atoms with Crippen LogP contribution in [0.3, 0.4) is 0 Å². The summed E-state index contributed by atoms with van der Waals surface area (Å²) in [4.78, 5) is 17.7. The number of ether oxygens (including phenoxy) is 1. The van der Waals surface area contributed by atoms with Gasteiger partial charge in [0.1, 0.15) is 17.4 Å².